The Bertz CT molecular complexity index is 1060. The molecular formula is C22H24BF4NO9. The van der Waals surface area contributed by atoms with Crippen molar-refractivity contribution in [1.82, 2.24) is 5.32 Å². The van der Waals surface area contributed by atoms with Crippen LogP contribution >= 0.6 is 0 Å². The molecule has 1 amide bonds. The number of carbonyl (C=O) groups is 5. The lowest BCUT2D eigenvalue weighted by Gasteiger charge is -2.23. The van der Waals surface area contributed by atoms with Crippen molar-refractivity contribution in [2.24, 2.45) is 5.92 Å². The van der Waals surface area contributed by atoms with Gasteiger partial charge in [-0.1, -0.05) is 13.8 Å². The fraction of sp³-hybridized carbons (Fsp3) is 0.500. The Balaban J connectivity index is 2.13. The maximum atomic E-state index is 13.9. The number of benzene rings is 1. The van der Waals surface area contributed by atoms with Gasteiger partial charge in [0.15, 0.2) is 11.4 Å². The Labute approximate surface area is 208 Å². The van der Waals surface area contributed by atoms with Gasteiger partial charge in [0, 0.05) is 12.2 Å². The first-order valence-corrected chi connectivity index (χ1v) is 11.0. The average molecular weight is 533 g/mol. The highest BCUT2D eigenvalue weighted by Crippen LogP contribution is 2.38. The highest BCUT2D eigenvalue weighted by atomic mass is 19.4. The molecule has 0 saturated carbocycles. The van der Waals surface area contributed by atoms with Crippen molar-refractivity contribution < 1.29 is 61.1 Å². The van der Waals surface area contributed by atoms with E-state index >= 15 is 0 Å². The van der Waals surface area contributed by atoms with E-state index in [1.54, 1.807) is 13.8 Å². The summed E-state index contributed by atoms with van der Waals surface area (Å²) in [5, 5.41) is 20.3. The molecule has 15 heteroatoms. The summed E-state index contributed by atoms with van der Waals surface area (Å²) in [5.74, 6) is -8.37. The summed E-state index contributed by atoms with van der Waals surface area (Å²) in [6, 6.07) is 1.25. The summed E-state index contributed by atoms with van der Waals surface area (Å²) in [4.78, 5) is 59.7. The highest BCUT2D eigenvalue weighted by Gasteiger charge is 2.57. The third-order valence-electron chi connectivity index (χ3n) is 5.44. The number of alkyl halides is 3. The second-order valence-electron chi connectivity index (χ2n) is 9.03. The van der Waals surface area contributed by atoms with Gasteiger partial charge in [-0.05, 0) is 30.5 Å². The lowest BCUT2D eigenvalue weighted by Crippen LogP contribution is -2.42. The summed E-state index contributed by atoms with van der Waals surface area (Å²) in [5.41, 5.74) is -4.47. The molecule has 3 N–H and O–H groups in total. The van der Waals surface area contributed by atoms with Crippen molar-refractivity contribution in [1.29, 1.82) is 0 Å². The van der Waals surface area contributed by atoms with E-state index in [-0.39, 0.29) is 12.3 Å². The van der Waals surface area contributed by atoms with Crippen molar-refractivity contribution in [3.8, 4) is 0 Å². The van der Waals surface area contributed by atoms with Gasteiger partial charge < -0.3 is 24.8 Å². The average Bonchev–Trinajstić information content (AvgIpc) is 3.05. The van der Waals surface area contributed by atoms with E-state index in [2.05, 4.69) is 0 Å². The quantitative estimate of drug-likeness (QED) is 0.272. The van der Waals surface area contributed by atoms with Gasteiger partial charge in [0.1, 0.15) is 5.82 Å². The molecule has 0 spiro atoms. The van der Waals surface area contributed by atoms with Gasteiger partial charge in [0.25, 0.3) is 5.91 Å². The third kappa shape index (κ3) is 8.00. The summed E-state index contributed by atoms with van der Waals surface area (Å²) >= 11 is 0. The lowest BCUT2D eigenvalue weighted by atomic mass is 9.65. The number of nitrogens with one attached hydrogen (secondary N) is 1. The first-order chi connectivity index (χ1) is 17.0. The number of carboxylic acids is 2. The van der Waals surface area contributed by atoms with Crippen LogP contribution in [0.2, 0.25) is 5.82 Å². The first-order valence-electron chi connectivity index (χ1n) is 11.0. The molecule has 0 aromatic heterocycles. The molecule has 1 saturated heterocycles. The maximum Gasteiger partial charge on any atom is 0.531 e. The Morgan fingerprint density at radius 1 is 1.11 bits per heavy atom. The molecule has 37 heavy (non-hydrogen) atoms. The van der Waals surface area contributed by atoms with Crippen molar-refractivity contribution in [3.05, 3.63) is 35.1 Å². The number of hydrogen-bond donors (Lipinski definition) is 3. The predicted octanol–water partition coefficient (Wildman–Crippen LogP) is 2.70. The van der Waals surface area contributed by atoms with Crippen molar-refractivity contribution >= 4 is 36.7 Å². The van der Waals surface area contributed by atoms with E-state index in [0.29, 0.717) is 18.2 Å². The monoisotopic (exact) mass is 533 g/mol. The number of halogens is 4. The molecule has 1 aromatic rings. The number of carbonyl (C=O) groups excluding carboxylic acids is 3. The largest absolute Gasteiger partial charge is 0.531 e. The Morgan fingerprint density at radius 2 is 1.70 bits per heavy atom. The van der Waals surface area contributed by atoms with Gasteiger partial charge in [-0.25, -0.2) is 4.39 Å². The molecule has 0 unspecified atom stereocenters. The van der Waals surface area contributed by atoms with Crippen LogP contribution < -0.4 is 5.32 Å². The smallest absolute Gasteiger partial charge is 0.507 e. The third-order valence-corrected chi connectivity index (χ3v) is 5.44. The fourth-order valence-electron chi connectivity index (χ4n) is 3.89. The molecule has 1 atom stereocenters. The van der Waals surface area contributed by atoms with Gasteiger partial charge in [-0.2, -0.15) is 13.2 Å². The molecule has 202 valence electrons. The van der Waals surface area contributed by atoms with E-state index in [1.165, 1.54) is 0 Å². The molecule has 1 aliphatic rings. The number of rotatable bonds is 12. The minimum atomic E-state index is -4.82. The second kappa shape index (κ2) is 11.7. The van der Waals surface area contributed by atoms with Crippen LogP contribution in [0.5, 0.6) is 0 Å². The van der Waals surface area contributed by atoms with Crippen LogP contribution in [0.3, 0.4) is 0 Å². The fourth-order valence-corrected chi connectivity index (χ4v) is 3.89. The van der Waals surface area contributed by atoms with Gasteiger partial charge in [-0.15, -0.1) is 0 Å². The van der Waals surface area contributed by atoms with Crippen LogP contribution in [0, 0.1) is 11.7 Å². The van der Waals surface area contributed by atoms with Crippen molar-refractivity contribution in [2.45, 2.75) is 57.1 Å². The molecule has 2 rings (SSSR count). The summed E-state index contributed by atoms with van der Waals surface area (Å²) in [6.07, 6.45) is -6.99. The molecule has 1 heterocycles. The second-order valence-corrected chi connectivity index (χ2v) is 9.03. The number of hydrogen-bond acceptors (Lipinski definition) is 7. The van der Waals surface area contributed by atoms with Gasteiger partial charge >= 0.3 is 31.2 Å². The standard InChI is InChI=1S/C22H24BF4NO9/c1-11(2)5-13(23-36-20(35)21(37-23,8-17(30)31)9-18(32)33)7-14(29)10-28-19(34)15-6-12(22(25,26)27)3-4-16(15)24/h3-4,6,11,13H,5,7-10H2,1-2H3,(H,28,34)(H,30,31)(H,32,33)/t13-/m1/s1. The Morgan fingerprint density at radius 3 is 2.22 bits per heavy atom. The van der Waals surface area contributed by atoms with E-state index in [1.807, 2.05) is 5.32 Å². The number of aliphatic carboxylic acids is 2. The molecule has 0 radical (unpaired) electrons. The summed E-state index contributed by atoms with van der Waals surface area (Å²) < 4.78 is 63.1. The van der Waals surface area contributed by atoms with Crippen molar-refractivity contribution in [3.63, 3.8) is 0 Å². The number of amides is 1. The molecule has 0 bridgehead atoms. The van der Waals surface area contributed by atoms with Gasteiger partial charge in [0.2, 0.25) is 0 Å². The van der Waals surface area contributed by atoms with Crippen LogP contribution in [0.15, 0.2) is 18.2 Å². The molecule has 1 aliphatic heterocycles. The van der Waals surface area contributed by atoms with Crippen LogP contribution in [-0.2, 0) is 34.7 Å². The van der Waals surface area contributed by atoms with Crippen LogP contribution in [0.1, 0.15) is 55.5 Å². The summed E-state index contributed by atoms with van der Waals surface area (Å²) in [7, 11) is -1.46. The van der Waals surface area contributed by atoms with Crippen LogP contribution in [0.4, 0.5) is 17.6 Å². The highest BCUT2D eigenvalue weighted by molar-refractivity contribution is 6.51. The van der Waals surface area contributed by atoms with E-state index in [4.69, 9.17) is 19.5 Å². The Kier molecular flexibility index (Phi) is 9.41. The van der Waals surface area contributed by atoms with E-state index in [0.717, 1.165) is 0 Å². The molecule has 10 nitrogen and oxygen atoms in total. The van der Waals surface area contributed by atoms with Crippen LogP contribution in [0.25, 0.3) is 0 Å². The predicted molar refractivity (Wildman–Crippen MR) is 117 cm³/mol. The zero-order chi connectivity index (χ0) is 28.1. The zero-order valence-electron chi connectivity index (χ0n) is 19.8. The minimum absolute atomic E-state index is 0.0946. The molecular weight excluding hydrogens is 509 g/mol. The van der Waals surface area contributed by atoms with E-state index < -0.39 is 97.1 Å². The van der Waals surface area contributed by atoms with E-state index in [9.17, 15) is 41.5 Å². The van der Waals surface area contributed by atoms with Gasteiger partial charge in [-0.3, -0.25) is 24.0 Å². The lowest BCUT2D eigenvalue weighted by molar-refractivity contribution is -0.157. The summed E-state index contributed by atoms with van der Waals surface area (Å²) in [6.45, 7) is 2.81. The molecule has 1 aromatic carbocycles. The molecule has 1 fully saturated rings. The zero-order valence-corrected chi connectivity index (χ0v) is 19.8. The first kappa shape index (κ1) is 29.7. The Hall–Kier alpha value is -3.49. The SMILES string of the molecule is CC(C)C[C@H](CC(=O)CNC(=O)c1cc(C(F)(F)F)ccc1F)B1OC(=O)C(CC(=O)O)(CC(=O)O)O1. The number of ketones is 1. The molecule has 0 aliphatic carbocycles. The van der Waals surface area contributed by atoms with Crippen LogP contribution in [-0.4, -0.2) is 59.1 Å². The normalized spacial score (nSPS) is 15.9. The van der Waals surface area contributed by atoms with Gasteiger partial charge in [0.05, 0.1) is 30.5 Å². The van der Waals surface area contributed by atoms with Crippen molar-refractivity contribution in [2.75, 3.05) is 6.54 Å². The minimum Gasteiger partial charge on any atom is -0.507 e. The number of Topliss-reactive ketones (excluding diaryl/α,β-unsaturated/α-hetero) is 1. The topological polar surface area (TPSA) is 156 Å². The number of carboxylic acid groups (broad SMARTS) is 2. The maximum absolute atomic E-state index is 13.9.